The Labute approximate surface area is 154 Å². The Morgan fingerprint density at radius 1 is 1.24 bits per heavy atom. The van der Waals surface area contributed by atoms with Crippen LogP contribution >= 0.6 is 11.6 Å². The molecule has 136 valence electrons. The number of benzene rings is 1. The van der Waals surface area contributed by atoms with Crippen LogP contribution in [0.5, 0.6) is 0 Å². The summed E-state index contributed by atoms with van der Waals surface area (Å²) in [4.78, 5) is 30.9. The van der Waals surface area contributed by atoms with Crippen molar-refractivity contribution in [1.82, 2.24) is 9.80 Å². The maximum absolute atomic E-state index is 12.8. The van der Waals surface area contributed by atoms with E-state index in [9.17, 15) is 9.59 Å². The van der Waals surface area contributed by atoms with Crippen molar-refractivity contribution in [2.75, 3.05) is 44.2 Å². The summed E-state index contributed by atoms with van der Waals surface area (Å²) in [6.07, 6.45) is 0.361. The quantitative estimate of drug-likeness (QED) is 0.825. The van der Waals surface area contributed by atoms with Crippen LogP contribution in [0, 0.1) is 11.8 Å². The van der Waals surface area contributed by atoms with Crippen molar-refractivity contribution in [2.24, 2.45) is 11.8 Å². The molecule has 2 fully saturated rings. The van der Waals surface area contributed by atoms with Crippen molar-refractivity contribution >= 4 is 29.1 Å². The molecular formula is C19H26ClN3O2. The SMILES string of the molecule is CC(C)CN1CC(C(=O)N2CCN(c3cccc(Cl)c3)CC2)CC1=O. The molecule has 0 aliphatic carbocycles. The van der Waals surface area contributed by atoms with Gasteiger partial charge in [0.25, 0.3) is 0 Å². The van der Waals surface area contributed by atoms with Crippen LogP contribution in [0.2, 0.25) is 5.02 Å². The van der Waals surface area contributed by atoms with Crippen molar-refractivity contribution in [3.63, 3.8) is 0 Å². The third-order valence-electron chi connectivity index (χ3n) is 4.91. The third-order valence-corrected chi connectivity index (χ3v) is 5.15. The van der Waals surface area contributed by atoms with Crippen LogP contribution in [0.1, 0.15) is 20.3 Å². The monoisotopic (exact) mass is 363 g/mol. The van der Waals surface area contributed by atoms with Crippen LogP contribution in [0.25, 0.3) is 0 Å². The minimum atomic E-state index is -0.177. The van der Waals surface area contributed by atoms with Gasteiger partial charge in [0.1, 0.15) is 0 Å². The Bertz CT molecular complexity index is 641. The fourth-order valence-corrected chi connectivity index (χ4v) is 3.86. The van der Waals surface area contributed by atoms with Gasteiger partial charge in [-0.2, -0.15) is 0 Å². The zero-order valence-electron chi connectivity index (χ0n) is 14.9. The highest BCUT2D eigenvalue weighted by Crippen LogP contribution is 2.24. The number of anilines is 1. The lowest BCUT2D eigenvalue weighted by Crippen LogP contribution is -2.50. The van der Waals surface area contributed by atoms with Crippen molar-refractivity contribution in [1.29, 1.82) is 0 Å². The molecule has 0 bridgehead atoms. The van der Waals surface area contributed by atoms with Gasteiger partial charge in [-0.25, -0.2) is 0 Å². The second-order valence-electron chi connectivity index (χ2n) is 7.39. The Morgan fingerprint density at radius 2 is 1.96 bits per heavy atom. The Kier molecular flexibility index (Phi) is 5.52. The number of carbonyl (C=O) groups is 2. The van der Waals surface area contributed by atoms with Gasteiger partial charge in [-0.3, -0.25) is 9.59 Å². The summed E-state index contributed by atoms with van der Waals surface area (Å²) < 4.78 is 0. The molecule has 2 aliphatic rings. The van der Waals surface area contributed by atoms with Crippen LogP contribution in [0.4, 0.5) is 5.69 Å². The van der Waals surface area contributed by atoms with Gasteiger partial charge in [0, 0.05) is 56.4 Å². The molecule has 6 heteroatoms. The highest BCUT2D eigenvalue weighted by atomic mass is 35.5. The average molecular weight is 364 g/mol. The van der Waals surface area contributed by atoms with E-state index in [1.54, 1.807) is 0 Å². The minimum Gasteiger partial charge on any atom is -0.368 e. The van der Waals surface area contributed by atoms with Crippen LogP contribution in [-0.2, 0) is 9.59 Å². The predicted molar refractivity (Wildman–Crippen MR) is 99.8 cm³/mol. The summed E-state index contributed by atoms with van der Waals surface area (Å²) in [5, 5.41) is 0.728. The number of nitrogens with zero attached hydrogens (tertiary/aromatic N) is 3. The van der Waals surface area contributed by atoms with E-state index in [0.717, 1.165) is 30.3 Å². The average Bonchev–Trinajstić information content (AvgIpc) is 2.94. The Hall–Kier alpha value is -1.75. The van der Waals surface area contributed by atoms with E-state index < -0.39 is 0 Å². The van der Waals surface area contributed by atoms with Gasteiger partial charge < -0.3 is 14.7 Å². The first-order valence-corrected chi connectivity index (χ1v) is 9.39. The van der Waals surface area contributed by atoms with E-state index in [-0.39, 0.29) is 17.7 Å². The number of piperazine rings is 1. The molecule has 2 aliphatic heterocycles. The van der Waals surface area contributed by atoms with Gasteiger partial charge in [0.2, 0.25) is 11.8 Å². The van der Waals surface area contributed by atoms with Crippen molar-refractivity contribution < 1.29 is 9.59 Å². The van der Waals surface area contributed by atoms with Gasteiger partial charge in [0.05, 0.1) is 5.92 Å². The second-order valence-corrected chi connectivity index (χ2v) is 7.82. The molecule has 25 heavy (non-hydrogen) atoms. The first-order valence-electron chi connectivity index (χ1n) is 9.01. The molecular weight excluding hydrogens is 338 g/mol. The van der Waals surface area contributed by atoms with Crippen LogP contribution < -0.4 is 4.90 Å². The van der Waals surface area contributed by atoms with Crippen LogP contribution in [0.15, 0.2) is 24.3 Å². The summed E-state index contributed by atoms with van der Waals surface area (Å²) in [6.45, 7) is 8.48. The smallest absolute Gasteiger partial charge is 0.228 e. The molecule has 0 radical (unpaired) electrons. The zero-order valence-corrected chi connectivity index (χ0v) is 15.7. The molecule has 5 nitrogen and oxygen atoms in total. The molecule has 1 atom stereocenters. The number of amides is 2. The Morgan fingerprint density at radius 3 is 2.60 bits per heavy atom. The molecule has 2 saturated heterocycles. The first-order chi connectivity index (χ1) is 11.9. The normalized spacial score (nSPS) is 21.4. The van der Waals surface area contributed by atoms with Crippen molar-refractivity contribution in [3.05, 3.63) is 29.3 Å². The molecule has 3 rings (SSSR count). The summed E-state index contributed by atoms with van der Waals surface area (Å²) >= 11 is 6.06. The van der Waals surface area contributed by atoms with E-state index in [2.05, 4.69) is 18.7 Å². The number of carbonyl (C=O) groups excluding carboxylic acids is 2. The van der Waals surface area contributed by atoms with Gasteiger partial charge in [-0.1, -0.05) is 31.5 Å². The molecule has 1 aromatic carbocycles. The van der Waals surface area contributed by atoms with Gasteiger partial charge in [-0.15, -0.1) is 0 Å². The predicted octanol–water partition coefficient (Wildman–Crippen LogP) is 2.49. The van der Waals surface area contributed by atoms with Gasteiger partial charge >= 0.3 is 0 Å². The molecule has 0 spiro atoms. The van der Waals surface area contributed by atoms with E-state index in [1.807, 2.05) is 34.1 Å². The molecule has 1 unspecified atom stereocenters. The number of hydrogen-bond donors (Lipinski definition) is 0. The van der Waals surface area contributed by atoms with Gasteiger partial charge in [0.15, 0.2) is 0 Å². The van der Waals surface area contributed by atoms with Crippen LogP contribution in [-0.4, -0.2) is 60.9 Å². The lowest BCUT2D eigenvalue weighted by atomic mass is 10.1. The fraction of sp³-hybridized carbons (Fsp3) is 0.579. The highest BCUT2D eigenvalue weighted by Gasteiger charge is 2.37. The molecule has 0 aromatic heterocycles. The minimum absolute atomic E-state index is 0.115. The van der Waals surface area contributed by atoms with Crippen LogP contribution in [0.3, 0.4) is 0 Å². The largest absolute Gasteiger partial charge is 0.368 e. The molecule has 2 heterocycles. The molecule has 0 saturated carbocycles. The maximum atomic E-state index is 12.8. The second kappa shape index (κ2) is 7.65. The molecule has 2 amide bonds. The summed E-state index contributed by atoms with van der Waals surface area (Å²) in [7, 11) is 0. The van der Waals surface area contributed by atoms with E-state index in [0.29, 0.717) is 32.0 Å². The fourth-order valence-electron chi connectivity index (χ4n) is 3.67. The molecule has 0 N–H and O–H groups in total. The van der Waals surface area contributed by atoms with E-state index in [4.69, 9.17) is 11.6 Å². The van der Waals surface area contributed by atoms with E-state index in [1.165, 1.54) is 0 Å². The summed E-state index contributed by atoms with van der Waals surface area (Å²) in [6, 6.07) is 7.81. The van der Waals surface area contributed by atoms with Crippen molar-refractivity contribution in [3.8, 4) is 0 Å². The number of rotatable bonds is 4. The number of halogens is 1. The number of likely N-dealkylation sites (tertiary alicyclic amines) is 1. The lowest BCUT2D eigenvalue weighted by Gasteiger charge is -2.37. The standard InChI is InChI=1S/C19H26ClN3O2/c1-14(2)12-23-13-15(10-18(23)24)19(25)22-8-6-21(7-9-22)17-5-3-4-16(20)11-17/h3-5,11,14-15H,6-10,12-13H2,1-2H3. The first kappa shape index (κ1) is 18.1. The summed E-state index contributed by atoms with van der Waals surface area (Å²) in [5.74, 6) is 0.498. The highest BCUT2D eigenvalue weighted by molar-refractivity contribution is 6.30. The van der Waals surface area contributed by atoms with Gasteiger partial charge in [-0.05, 0) is 24.1 Å². The zero-order chi connectivity index (χ0) is 18.0. The van der Waals surface area contributed by atoms with E-state index >= 15 is 0 Å². The lowest BCUT2D eigenvalue weighted by molar-refractivity contribution is -0.136. The Balaban J connectivity index is 1.54. The molecule has 1 aromatic rings. The van der Waals surface area contributed by atoms with Crippen molar-refractivity contribution in [2.45, 2.75) is 20.3 Å². The maximum Gasteiger partial charge on any atom is 0.228 e. The topological polar surface area (TPSA) is 43.9 Å². The third kappa shape index (κ3) is 4.27. The number of hydrogen-bond acceptors (Lipinski definition) is 3. The summed E-state index contributed by atoms with van der Waals surface area (Å²) in [5.41, 5.74) is 1.10.